The van der Waals surface area contributed by atoms with Gasteiger partial charge in [-0.1, -0.05) is 6.42 Å². The summed E-state index contributed by atoms with van der Waals surface area (Å²) < 4.78 is 5.60. The van der Waals surface area contributed by atoms with Crippen molar-refractivity contribution in [2.24, 2.45) is 0 Å². The van der Waals surface area contributed by atoms with Crippen LogP contribution < -0.4 is 10.5 Å². The number of rotatable bonds is 5. The predicted molar refractivity (Wildman–Crippen MR) is 81.8 cm³/mol. The van der Waals surface area contributed by atoms with Crippen LogP contribution in [0.5, 0.6) is 5.75 Å². The van der Waals surface area contributed by atoms with Crippen molar-refractivity contribution < 1.29 is 9.84 Å². The monoisotopic (exact) mass is 278 g/mol. The van der Waals surface area contributed by atoms with Gasteiger partial charge in [0.25, 0.3) is 0 Å². The molecule has 1 saturated heterocycles. The Labute approximate surface area is 121 Å². The van der Waals surface area contributed by atoms with Gasteiger partial charge in [-0.2, -0.15) is 0 Å². The van der Waals surface area contributed by atoms with Gasteiger partial charge >= 0.3 is 0 Å². The third-order valence-corrected chi connectivity index (χ3v) is 4.12. The van der Waals surface area contributed by atoms with Crippen molar-refractivity contribution in [3.8, 4) is 5.75 Å². The smallest absolute Gasteiger partial charge is 0.119 e. The number of ether oxygens (including phenoxy) is 1. The third-order valence-electron chi connectivity index (χ3n) is 4.12. The maximum atomic E-state index is 10.2. The first-order valence-electron chi connectivity index (χ1n) is 7.48. The fourth-order valence-electron chi connectivity index (χ4n) is 2.89. The highest BCUT2D eigenvalue weighted by Gasteiger charge is 2.26. The number of hydrogen-bond acceptors (Lipinski definition) is 4. The van der Waals surface area contributed by atoms with Crippen LogP contribution in [0.25, 0.3) is 0 Å². The number of aliphatic hydroxyl groups is 1. The summed E-state index contributed by atoms with van der Waals surface area (Å²) in [6, 6.07) is 8.35. The van der Waals surface area contributed by atoms with E-state index in [0.717, 1.165) is 5.75 Å². The number of nitrogens with zero attached hydrogens (tertiary/aromatic N) is 1. The van der Waals surface area contributed by atoms with Crippen LogP contribution in [-0.4, -0.2) is 41.3 Å². The number of aliphatic hydroxyl groups excluding tert-OH is 1. The summed E-state index contributed by atoms with van der Waals surface area (Å²) in [5.41, 5.74) is 6.34. The second-order valence-corrected chi connectivity index (χ2v) is 5.86. The molecule has 2 rings (SSSR count). The van der Waals surface area contributed by atoms with Crippen molar-refractivity contribution in [1.82, 2.24) is 4.90 Å². The number of piperidine rings is 1. The summed E-state index contributed by atoms with van der Waals surface area (Å²) in [4.78, 5) is 2.39. The zero-order chi connectivity index (χ0) is 14.5. The lowest BCUT2D eigenvalue weighted by molar-refractivity contribution is 0.0209. The quantitative estimate of drug-likeness (QED) is 0.811. The molecule has 0 aliphatic carbocycles. The zero-order valence-electron chi connectivity index (χ0n) is 12.5. The molecule has 1 aromatic rings. The maximum absolute atomic E-state index is 10.2. The number of hydrogen-bond donors (Lipinski definition) is 2. The molecule has 3 atom stereocenters. The molecule has 0 bridgehead atoms. The molecule has 3 N–H and O–H groups in total. The molecule has 20 heavy (non-hydrogen) atoms. The second-order valence-electron chi connectivity index (χ2n) is 5.86. The van der Waals surface area contributed by atoms with E-state index < -0.39 is 6.10 Å². The second kappa shape index (κ2) is 6.95. The van der Waals surface area contributed by atoms with Gasteiger partial charge in [-0.25, -0.2) is 0 Å². The molecule has 0 spiro atoms. The summed E-state index contributed by atoms with van der Waals surface area (Å²) >= 11 is 0. The molecule has 0 unspecified atom stereocenters. The van der Waals surface area contributed by atoms with Crippen LogP contribution in [0.3, 0.4) is 0 Å². The van der Waals surface area contributed by atoms with E-state index in [-0.39, 0.29) is 0 Å². The summed E-state index contributed by atoms with van der Waals surface area (Å²) in [5.74, 6) is 0.748. The molecule has 1 aliphatic rings. The molecule has 0 radical (unpaired) electrons. The van der Waals surface area contributed by atoms with Gasteiger partial charge in [-0.15, -0.1) is 0 Å². The molecule has 0 aromatic heterocycles. The van der Waals surface area contributed by atoms with Gasteiger partial charge in [0.2, 0.25) is 0 Å². The lowest BCUT2D eigenvalue weighted by atomic mass is 9.97. The highest BCUT2D eigenvalue weighted by Crippen LogP contribution is 2.22. The van der Waals surface area contributed by atoms with Crippen LogP contribution in [0.15, 0.2) is 24.3 Å². The van der Waals surface area contributed by atoms with Gasteiger partial charge in [0.1, 0.15) is 18.5 Å². The summed E-state index contributed by atoms with van der Waals surface area (Å²) in [5, 5.41) is 10.2. The number of anilines is 1. The first-order chi connectivity index (χ1) is 9.56. The molecular formula is C16H26N2O2. The summed E-state index contributed by atoms with van der Waals surface area (Å²) in [6.07, 6.45) is 3.26. The van der Waals surface area contributed by atoms with Gasteiger partial charge < -0.3 is 15.6 Å². The van der Waals surface area contributed by atoms with Crippen LogP contribution in [0.1, 0.15) is 33.1 Å². The standard InChI is InChI=1S/C16H26N2O2/c1-12-4-3-5-13(2)18(12)10-15(19)11-20-16-8-6-14(17)7-9-16/h6-9,12-13,15,19H,3-5,10-11,17H2,1-2H3/t12-,13-,15+/m1/s1. The first kappa shape index (κ1) is 15.1. The Morgan fingerprint density at radius 1 is 1.25 bits per heavy atom. The van der Waals surface area contributed by atoms with E-state index in [1.165, 1.54) is 19.3 Å². The molecule has 0 saturated carbocycles. The van der Waals surface area contributed by atoms with E-state index in [1.54, 1.807) is 12.1 Å². The Kier molecular flexibility index (Phi) is 5.26. The van der Waals surface area contributed by atoms with E-state index in [0.29, 0.717) is 30.9 Å². The van der Waals surface area contributed by atoms with Crippen LogP contribution in [-0.2, 0) is 0 Å². The predicted octanol–water partition coefficient (Wildman–Crippen LogP) is 2.27. The molecule has 0 amide bonds. The molecule has 1 heterocycles. The van der Waals surface area contributed by atoms with Crippen molar-refractivity contribution in [2.45, 2.75) is 51.3 Å². The molecule has 4 heteroatoms. The minimum Gasteiger partial charge on any atom is -0.491 e. The molecule has 1 aromatic carbocycles. The van der Waals surface area contributed by atoms with Gasteiger partial charge in [0.15, 0.2) is 0 Å². The highest BCUT2D eigenvalue weighted by atomic mass is 16.5. The number of likely N-dealkylation sites (tertiary alicyclic amines) is 1. The molecule has 1 fully saturated rings. The van der Waals surface area contributed by atoms with E-state index in [1.807, 2.05) is 12.1 Å². The number of β-amino-alcohol motifs (C(OH)–C–C–N with tert-alkyl or cyclic N) is 1. The van der Waals surface area contributed by atoms with Gasteiger partial charge in [0, 0.05) is 24.3 Å². The Balaban J connectivity index is 1.79. The van der Waals surface area contributed by atoms with Crippen molar-refractivity contribution >= 4 is 5.69 Å². The van der Waals surface area contributed by atoms with E-state index in [2.05, 4.69) is 18.7 Å². The SMILES string of the molecule is C[C@@H]1CCC[C@@H](C)N1C[C@H](O)COc1ccc(N)cc1. The van der Waals surface area contributed by atoms with Crippen molar-refractivity contribution in [1.29, 1.82) is 0 Å². The van der Waals surface area contributed by atoms with Crippen molar-refractivity contribution in [3.63, 3.8) is 0 Å². The van der Waals surface area contributed by atoms with E-state index >= 15 is 0 Å². The third kappa shape index (κ3) is 4.12. The lowest BCUT2D eigenvalue weighted by Gasteiger charge is -2.40. The summed E-state index contributed by atoms with van der Waals surface area (Å²) in [7, 11) is 0. The fraction of sp³-hybridized carbons (Fsp3) is 0.625. The number of benzene rings is 1. The number of nitrogen functional groups attached to an aromatic ring is 1. The van der Waals surface area contributed by atoms with Gasteiger partial charge in [-0.3, -0.25) is 4.90 Å². The van der Waals surface area contributed by atoms with Crippen molar-refractivity contribution in [2.75, 3.05) is 18.9 Å². The largest absolute Gasteiger partial charge is 0.491 e. The van der Waals surface area contributed by atoms with Crippen LogP contribution in [0, 0.1) is 0 Å². The zero-order valence-corrected chi connectivity index (χ0v) is 12.5. The minimum atomic E-state index is -0.462. The number of nitrogens with two attached hydrogens (primary N) is 1. The summed E-state index contributed by atoms with van der Waals surface area (Å²) in [6.45, 7) is 5.48. The Morgan fingerprint density at radius 3 is 2.45 bits per heavy atom. The highest BCUT2D eigenvalue weighted by molar-refractivity contribution is 5.41. The average molecular weight is 278 g/mol. The first-order valence-corrected chi connectivity index (χ1v) is 7.48. The van der Waals surface area contributed by atoms with Crippen LogP contribution in [0.4, 0.5) is 5.69 Å². The van der Waals surface area contributed by atoms with Crippen molar-refractivity contribution in [3.05, 3.63) is 24.3 Å². The van der Waals surface area contributed by atoms with Gasteiger partial charge in [0.05, 0.1) is 0 Å². The fourth-order valence-corrected chi connectivity index (χ4v) is 2.89. The Morgan fingerprint density at radius 2 is 1.85 bits per heavy atom. The Hall–Kier alpha value is -1.26. The normalized spacial score (nSPS) is 25.4. The molecule has 4 nitrogen and oxygen atoms in total. The van der Waals surface area contributed by atoms with Crippen LogP contribution in [0.2, 0.25) is 0 Å². The molecule has 112 valence electrons. The topological polar surface area (TPSA) is 58.7 Å². The molecule has 1 aliphatic heterocycles. The minimum absolute atomic E-state index is 0.319. The lowest BCUT2D eigenvalue weighted by Crippen LogP contribution is -2.48. The van der Waals surface area contributed by atoms with E-state index in [9.17, 15) is 5.11 Å². The maximum Gasteiger partial charge on any atom is 0.119 e. The van der Waals surface area contributed by atoms with E-state index in [4.69, 9.17) is 10.5 Å². The molecular weight excluding hydrogens is 252 g/mol. The van der Waals surface area contributed by atoms with Gasteiger partial charge in [-0.05, 0) is 51.0 Å². The Bertz CT molecular complexity index is 397. The average Bonchev–Trinajstić information content (AvgIpc) is 2.42. The van der Waals surface area contributed by atoms with Crippen LogP contribution >= 0.6 is 0 Å².